The molecule has 0 aliphatic carbocycles. The van der Waals surface area contributed by atoms with E-state index in [9.17, 15) is 0 Å². The smallest absolute Gasteiger partial charge is 0.236 e. The van der Waals surface area contributed by atoms with Gasteiger partial charge in [0, 0.05) is 5.02 Å². The largest absolute Gasteiger partial charge is 0.271 e. The quantitative estimate of drug-likeness (QED) is 0.483. The molecule has 0 radical (unpaired) electrons. The lowest BCUT2D eigenvalue weighted by Gasteiger charge is -2.05. The second-order valence-corrected chi connectivity index (χ2v) is 5.03. The monoisotopic (exact) mass is 273 g/mol. The maximum absolute atomic E-state index is 6.14. The fraction of sp³-hybridized carbons (Fsp3) is 0.462. The predicted molar refractivity (Wildman–Crippen MR) is 76.8 cm³/mol. The maximum Gasteiger partial charge on any atom is 0.236 e. The van der Waals surface area contributed by atoms with Gasteiger partial charge in [0.25, 0.3) is 0 Å². The van der Waals surface area contributed by atoms with Crippen molar-refractivity contribution < 1.29 is 4.58 Å². The van der Waals surface area contributed by atoms with E-state index in [0.717, 1.165) is 17.8 Å². The van der Waals surface area contributed by atoms with E-state index in [2.05, 4.69) is 16.8 Å². The molecule has 0 atom stereocenters. The molecule has 2 nitrogen and oxygen atoms in total. The number of halogens is 2. The number of anilines is 1. The van der Waals surface area contributed by atoms with Crippen LogP contribution in [0.1, 0.15) is 25.3 Å². The number of benzene rings is 1. The lowest BCUT2D eigenvalue weighted by Crippen LogP contribution is -2.14. The summed E-state index contributed by atoms with van der Waals surface area (Å²) in [5.74, 6) is 0. The number of nitrogens with one attached hydrogen (secondary N) is 1. The Kier molecular flexibility index (Phi) is 5.79. The maximum atomic E-state index is 6.14. The van der Waals surface area contributed by atoms with Crippen molar-refractivity contribution in [1.82, 2.24) is 0 Å². The van der Waals surface area contributed by atoms with Crippen LogP contribution in [0.3, 0.4) is 0 Å². The number of hydrogen-bond donors (Lipinski definition) is 1. The summed E-state index contributed by atoms with van der Waals surface area (Å²) < 4.78 is 2.12. The molecular weight excluding hydrogens is 255 g/mol. The van der Waals surface area contributed by atoms with Crippen LogP contribution in [0.25, 0.3) is 0 Å². The highest BCUT2D eigenvalue weighted by Crippen LogP contribution is 2.28. The number of unbranched alkanes of at least 4 members (excludes halogenated alkanes) is 1. The van der Waals surface area contributed by atoms with Gasteiger partial charge in [-0.25, -0.2) is 5.32 Å². The third-order valence-corrected chi connectivity index (χ3v) is 3.06. The molecule has 0 fully saturated rings. The topological polar surface area (TPSA) is 15.0 Å². The van der Waals surface area contributed by atoms with Gasteiger partial charge >= 0.3 is 0 Å². The van der Waals surface area contributed by atoms with E-state index in [-0.39, 0.29) is 0 Å². The minimum absolute atomic E-state index is 0.648. The van der Waals surface area contributed by atoms with E-state index in [1.165, 1.54) is 12.8 Å². The van der Waals surface area contributed by atoms with Gasteiger partial charge in [-0.1, -0.05) is 36.5 Å². The number of rotatable bonds is 5. The van der Waals surface area contributed by atoms with Gasteiger partial charge in [-0.3, -0.25) is 4.58 Å². The molecule has 0 saturated heterocycles. The molecule has 1 aromatic rings. The Labute approximate surface area is 113 Å². The first-order valence-electron chi connectivity index (χ1n) is 5.80. The van der Waals surface area contributed by atoms with E-state index in [0.29, 0.717) is 10.0 Å². The van der Waals surface area contributed by atoms with Crippen molar-refractivity contribution in [1.29, 1.82) is 0 Å². The van der Waals surface area contributed by atoms with Crippen LogP contribution in [0, 0.1) is 6.92 Å². The average molecular weight is 274 g/mol. The SMILES string of the molecule is CCCC[N+](C)=CNc1c(C)cc(Cl)cc1Cl. The van der Waals surface area contributed by atoms with E-state index >= 15 is 0 Å². The lowest BCUT2D eigenvalue weighted by atomic mass is 10.2. The highest BCUT2D eigenvalue weighted by Gasteiger charge is 2.08. The lowest BCUT2D eigenvalue weighted by molar-refractivity contribution is -0.493. The normalized spacial score (nSPS) is 11.7. The summed E-state index contributed by atoms with van der Waals surface area (Å²) in [6.07, 6.45) is 4.32. The molecule has 0 amide bonds. The summed E-state index contributed by atoms with van der Waals surface area (Å²) in [5, 5.41) is 4.54. The van der Waals surface area contributed by atoms with Crippen LogP contribution in [0.5, 0.6) is 0 Å². The molecule has 0 saturated carbocycles. The van der Waals surface area contributed by atoms with Crippen molar-refractivity contribution in [3.05, 3.63) is 27.7 Å². The fourth-order valence-electron chi connectivity index (χ4n) is 1.53. The van der Waals surface area contributed by atoms with Gasteiger partial charge in [-0.2, -0.15) is 0 Å². The molecule has 0 spiro atoms. The van der Waals surface area contributed by atoms with E-state index in [4.69, 9.17) is 23.2 Å². The first kappa shape index (κ1) is 14.3. The Morgan fingerprint density at radius 2 is 2.06 bits per heavy atom. The standard InChI is InChI=1S/C13H18Cl2N2/c1-4-5-6-17(3)9-16-13-10(2)7-11(14)8-12(13)15/h7-9H,4-6H2,1-3H3/p+1. The van der Waals surface area contributed by atoms with Crippen molar-refractivity contribution in [3.63, 3.8) is 0 Å². The molecule has 0 bridgehead atoms. The summed E-state index contributed by atoms with van der Waals surface area (Å²) in [5.41, 5.74) is 1.96. The third kappa shape index (κ3) is 4.57. The first-order chi connectivity index (χ1) is 8.04. The molecule has 0 aliphatic rings. The van der Waals surface area contributed by atoms with Crippen LogP contribution in [-0.4, -0.2) is 24.5 Å². The van der Waals surface area contributed by atoms with Crippen LogP contribution >= 0.6 is 23.2 Å². The minimum atomic E-state index is 0.648. The van der Waals surface area contributed by atoms with Crippen LogP contribution in [0.2, 0.25) is 10.0 Å². The summed E-state index contributed by atoms with van der Waals surface area (Å²) >= 11 is 12.1. The first-order valence-corrected chi connectivity index (χ1v) is 6.56. The average Bonchev–Trinajstić information content (AvgIpc) is 2.24. The number of aryl methyl sites for hydroxylation is 1. The van der Waals surface area contributed by atoms with Gasteiger partial charge in [0.05, 0.1) is 18.6 Å². The fourth-order valence-corrected chi connectivity index (χ4v) is 2.18. The predicted octanol–water partition coefficient (Wildman–Crippen LogP) is 4.18. The Balaban J connectivity index is 2.75. The summed E-state index contributed by atoms with van der Waals surface area (Å²) in [6, 6.07) is 3.65. The molecule has 1 aromatic carbocycles. The number of hydrogen-bond acceptors (Lipinski definition) is 0. The van der Waals surface area contributed by atoms with Crippen LogP contribution in [0.15, 0.2) is 12.1 Å². The molecule has 94 valence electrons. The van der Waals surface area contributed by atoms with E-state index in [1.807, 2.05) is 26.4 Å². The molecular formula is C13H19Cl2N2+. The van der Waals surface area contributed by atoms with Crippen LogP contribution in [0.4, 0.5) is 5.69 Å². The van der Waals surface area contributed by atoms with Crippen LogP contribution < -0.4 is 5.32 Å². The number of nitrogens with zero attached hydrogens (tertiary/aromatic N) is 1. The molecule has 0 aromatic heterocycles. The minimum Gasteiger partial charge on any atom is -0.271 e. The molecule has 1 N–H and O–H groups in total. The van der Waals surface area contributed by atoms with Crippen LogP contribution in [-0.2, 0) is 0 Å². The molecule has 0 heterocycles. The molecule has 0 aliphatic heterocycles. The Bertz CT molecular complexity index is 391. The second-order valence-electron chi connectivity index (χ2n) is 4.19. The van der Waals surface area contributed by atoms with Crippen molar-refractivity contribution >= 4 is 35.2 Å². The summed E-state index contributed by atoms with van der Waals surface area (Å²) in [4.78, 5) is 0. The van der Waals surface area contributed by atoms with Gasteiger partial charge in [-0.15, -0.1) is 0 Å². The Morgan fingerprint density at radius 1 is 1.35 bits per heavy atom. The van der Waals surface area contributed by atoms with Crippen molar-refractivity contribution in [2.24, 2.45) is 0 Å². The summed E-state index contributed by atoms with van der Waals surface area (Å²) in [6.45, 7) is 5.20. The molecule has 17 heavy (non-hydrogen) atoms. The zero-order chi connectivity index (χ0) is 12.8. The van der Waals surface area contributed by atoms with Gasteiger partial charge in [-0.05, 0) is 31.0 Å². The van der Waals surface area contributed by atoms with Crippen molar-refractivity contribution in [2.75, 3.05) is 18.9 Å². The van der Waals surface area contributed by atoms with Gasteiger partial charge in [0.15, 0.2) is 0 Å². The van der Waals surface area contributed by atoms with E-state index in [1.54, 1.807) is 6.07 Å². The van der Waals surface area contributed by atoms with Crippen molar-refractivity contribution in [2.45, 2.75) is 26.7 Å². The zero-order valence-electron chi connectivity index (χ0n) is 10.6. The van der Waals surface area contributed by atoms with Crippen molar-refractivity contribution in [3.8, 4) is 0 Å². The second kappa shape index (κ2) is 6.87. The highest BCUT2D eigenvalue weighted by molar-refractivity contribution is 6.36. The molecule has 4 heteroatoms. The molecule has 0 unspecified atom stereocenters. The Hall–Kier alpha value is -0.730. The Morgan fingerprint density at radius 3 is 2.65 bits per heavy atom. The van der Waals surface area contributed by atoms with Gasteiger partial charge in [0.1, 0.15) is 5.69 Å². The van der Waals surface area contributed by atoms with Gasteiger partial charge < -0.3 is 0 Å². The van der Waals surface area contributed by atoms with E-state index < -0.39 is 0 Å². The zero-order valence-corrected chi connectivity index (χ0v) is 12.1. The molecule has 1 rings (SSSR count). The summed E-state index contributed by atoms with van der Waals surface area (Å²) in [7, 11) is 2.04. The highest BCUT2D eigenvalue weighted by atomic mass is 35.5. The third-order valence-electron chi connectivity index (χ3n) is 2.55. The van der Waals surface area contributed by atoms with Gasteiger partial charge in [0.2, 0.25) is 6.34 Å².